The van der Waals surface area contributed by atoms with Crippen molar-refractivity contribution in [3.63, 3.8) is 0 Å². The van der Waals surface area contributed by atoms with E-state index in [0.717, 1.165) is 11.1 Å². The fourth-order valence-corrected chi connectivity index (χ4v) is 5.24. The van der Waals surface area contributed by atoms with E-state index in [2.05, 4.69) is 0 Å². The Labute approximate surface area is 197 Å². The number of alkyl halides is 3. The van der Waals surface area contributed by atoms with Gasteiger partial charge < -0.3 is 9.64 Å². The zero-order valence-electron chi connectivity index (χ0n) is 19.0. The summed E-state index contributed by atoms with van der Waals surface area (Å²) in [6, 6.07) is 14.1. The van der Waals surface area contributed by atoms with Crippen LogP contribution in [0, 0.1) is 11.3 Å². The van der Waals surface area contributed by atoms with Gasteiger partial charge in [0.1, 0.15) is 11.2 Å². The van der Waals surface area contributed by atoms with Gasteiger partial charge in [0.05, 0.1) is 11.5 Å². The van der Waals surface area contributed by atoms with Crippen molar-refractivity contribution in [2.45, 2.75) is 43.2 Å². The average Bonchev–Trinajstić information content (AvgIpc) is 2.76. The molecule has 34 heavy (non-hydrogen) atoms. The highest BCUT2D eigenvalue weighted by molar-refractivity contribution is 7.90. The topological polar surface area (TPSA) is 63.7 Å². The molecule has 2 aliphatic rings. The molecule has 5 nitrogen and oxygen atoms in total. The number of sulfone groups is 1. The van der Waals surface area contributed by atoms with Gasteiger partial charge in [0.2, 0.25) is 5.91 Å². The van der Waals surface area contributed by atoms with Gasteiger partial charge in [-0.3, -0.25) is 4.79 Å². The Bertz CT molecular complexity index is 1120. The molecular weight excluding hydrogens is 467 g/mol. The first-order chi connectivity index (χ1) is 16.0. The highest BCUT2D eigenvalue weighted by Crippen LogP contribution is 2.54. The first kappa shape index (κ1) is 24.6. The fourth-order valence-electron chi connectivity index (χ4n) is 4.61. The Hall–Kier alpha value is -2.55. The standard InChI is InChI=1S/C25H28F3NO4S/c1-34(31,32)22-9-5-20(6-10-22)19-3-7-21(8-4-19)33-17-18-11-15-29(16-12-18)23(30)24(13-2-14-24)25(26,27)28/h3-10,18H,2,11-17H2,1H3. The number of halogens is 3. The van der Waals surface area contributed by atoms with Gasteiger partial charge in [-0.05, 0) is 67.0 Å². The number of carbonyl (C=O) groups is 1. The minimum atomic E-state index is -4.48. The molecule has 1 aliphatic carbocycles. The van der Waals surface area contributed by atoms with Crippen LogP contribution in [0.5, 0.6) is 5.75 Å². The van der Waals surface area contributed by atoms with E-state index in [9.17, 15) is 26.4 Å². The van der Waals surface area contributed by atoms with E-state index in [-0.39, 0.29) is 23.7 Å². The number of rotatable bonds is 6. The quantitative estimate of drug-likeness (QED) is 0.559. The molecule has 2 aromatic carbocycles. The lowest BCUT2D eigenvalue weighted by Crippen LogP contribution is -2.57. The molecule has 1 saturated heterocycles. The molecule has 2 aromatic rings. The lowest BCUT2D eigenvalue weighted by Gasteiger charge is -2.45. The predicted octanol–water partition coefficient (Wildman–Crippen LogP) is 5.11. The summed E-state index contributed by atoms with van der Waals surface area (Å²) in [5.41, 5.74) is -0.351. The highest BCUT2D eigenvalue weighted by atomic mass is 32.2. The van der Waals surface area contributed by atoms with Crippen LogP contribution in [0.1, 0.15) is 32.1 Å². The van der Waals surface area contributed by atoms with Gasteiger partial charge in [-0.1, -0.05) is 30.7 Å². The third-order valence-electron chi connectivity index (χ3n) is 7.02. The largest absolute Gasteiger partial charge is 0.493 e. The molecule has 0 bridgehead atoms. The number of hydrogen-bond acceptors (Lipinski definition) is 4. The van der Waals surface area contributed by atoms with Crippen molar-refractivity contribution in [1.82, 2.24) is 4.90 Å². The maximum absolute atomic E-state index is 13.5. The summed E-state index contributed by atoms with van der Waals surface area (Å²) >= 11 is 0. The first-order valence-electron chi connectivity index (χ1n) is 11.4. The van der Waals surface area contributed by atoms with Gasteiger partial charge in [0, 0.05) is 19.3 Å². The van der Waals surface area contributed by atoms with Crippen LogP contribution < -0.4 is 4.74 Å². The molecular formula is C25H28F3NO4S. The van der Waals surface area contributed by atoms with E-state index in [1.54, 1.807) is 24.3 Å². The SMILES string of the molecule is CS(=O)(=O)c1ccc(-c2ccc(OCC3CCN(C(=O)C4(C(F)(F)F)CCC4)CC3)cc2)cc1. The summed E-state index contributed by atoms with van der Waals surface area (Å²) < 4.78 is 69.5. The van der Waals surface area contributed by atoms with Gasteiger partial charge in [-0.15, -0.1) is 0 Å². The van der Waals surface area contributed by atoms with Crippen molar-refractivity contribution >= 4 is 15.7 Å². The number of hydrogen-bond donors (Lipinski definition) is 0. The van der Waals surface area contributed by atoms with Crippen molar-refractivity contribution in [1.29, 1.82) is 0 Å². The van der Waals surface area contributed by atoms with Crippen LogP contribution in [0.2, 0.25) is 0 Å². The van der Waals surface area contributed by atoms with Gasteiger partial charge >= 0.3 is 6.18 Å². The summed E-state index contributed by atoms with van der Waals surface area (Å²) in [5.74, 6) is 0.0989. The fraction of sp³-hybridized carbons (Fsp3) is 0.480. The molecule has 184 valence electrons. The second kappa shape index (κ2) is 9.24. The van der Waals surface area contributed by atoms with Crippen molar-refractivity contribution in [2.24, 2.45) is 11.3 Å². The maximum Gasteiger partial charge on any atom is 0.403 e. The first-order valence-corrected chi connectivity index (χ1v) is 13.3. The van der Waals surface area contributed by atoms with Crippen molar-refractivity contribution in [2.75, 3.05) is 26.0 Å². The number of likely N-dealkylation sites (tertiary alicyclic amines) is 1. The van der Waals surface area contributed by atoms with Gasteiger partial charge in [-0.2, -0.15) is 13.2 Å². The number of amides is 1. The molecule has 0 N–H and O–H groups in total. The lowest BCUT2D eigenvalue weighted by molar-refractivity contribution is -0.249. The Morgan fingerprint density at radius 3 is 1.97 bits per heavy atom. The molecule has 0 radical (unpaired) electrons. The van der Waals surface area contributed by atoms with Crippen LogP contribution in [0.15, 0.2) is 53.4 Å². The monoisotopic (exact) mass is 495 g/mol. The molecule has 0 spiro atoms. The van der Waals surface area contributed by atoms with Crippen LogP contribution in [0.25, 0.3) is 11.1 Å². The molecule has 1 aliphatic heterocycles. The number of ether oxygens (including phenoxy) is 1. The van der Waals surface area contributed by atoms with E-state index in [1.165, 1.54) is 11.2 Å². The van der Waals surface area contributed by atoms with Crippen molar-refractivity contribution < 1.29 is 31.1 Å². The summed E-state index contributed by atoms with van der Waals surface area (Å²) in [6.45, 7) is 1.09. The van der Waals surface area contributed by atoms with Crippen LogP contribution >= 0.6 is 0 Å². The Morgan fingerprint density at radius 1 is 1.00 bits per heavy atom. The molecule has 0 aromatic heterocycles. The summed E-state index contributed by atoms with van der Waals surface area (Å²) in [5, 5.41) is 0. The third-order valence-corrected chi connectivity index (χ3v) is 8.15. The Morgan fingerprint density at radius 2 is 1.53 bits per heavy atom. The molecule has 0 atom stereocenters. The molecule has 4 rings (SSSR count). The zero-order valence-corrected chi connectivity index (χ0v) is 19.8. The number of piperidine rings is 1. The van der Waals surface area contributed by atoms with Gasteiger partial charge in [0.25, 0.3) is 0 Å². The van der Waals surface area contributed by atoms with E-state index >= 15 is 0 Å². The van der Waals surface area contributed by atoms with E-state index < -0.39 is 27.3 Å². The third kappa shape index (κ3) is 4.94. The number of nitrogens with zero attached hydrogens (tertiary/aromatic N) is 1. The highest BCUT2D eigenvalue weighted by Gasteiger charge is 2.64. The average molecular weight is 496 g/mol. The van der Waals surface area contributed by atoms with Crippen molar-refractivity contribution in [3.8, 4) is 16.9 Å². The van der Waals surface area contributed by atoms with Crippen LogP contribution in [0.3, 0.4) is 0 Å². The predicted molar refractivity (Wildman–Crippen MR) is 122 cm³/mol. The van der Waals surface area contributed by atoms with Crippen LogP contribution in [0.4, 0.5) is 13.2 Å². The summed E-state index contributed by atoms with van der Waals surface area (Å²) in [4.78, 5) is 14.2. The molecule has 9 heteroatoms. The second-order valence-electron chi connectivity index (χ2n) is 9.30. The Kier molecular flexibility index (Phi) is 6.68. The second-order valence-corrected chi connectivity index (χ2v) is 11.3. The summed E-state index contributed by atoms with van der Waals surface area (Å²) in [6.07, 6.45) is -1.84. The minimum Gasteiger partial charge on any atom is -0.493 e. The summed E-state index contributed by atoms with van der Waals surface area (Å²) in [7, 11) is -3.24. The lowest BCUT2D eigenvalue weighted by atomic mass is 9.67. The molecule has 2 fully saturated rings. The minimum absolute atomic E-state index is 0.101. The molecule has 1 saturated carbocycles. The normalized spacial score (nSPS) is 18.9. The van der Waals surface area contributed by atoms with Gasteiger partial charge in [-0.25, -0.2) is 8.42 Å². The number of carbonyl (C=O) groups excluding carboxylic acids is 1. The number of benzene rings is 2. The molecule has 1 heterocycles. The van der Waals surface area contributed by atoms with Crippen molar-refractivity contribution in [3.05, 3.63) is 48.5 Å². The smallest absolute Gasteiger partial charge is 0.403 e. The molecule has 1 amide bonds. The van der Waals surface area contributed by atoms with E-state index in [1.807, 2.05) is 24.3 Å². The Balaban J connectivity index is 1.28. The molecule has 0 unspecified atom stereocenters. The maximum atomic E-state index is 13.5. The van der Waals surface area contributed by atoms with E-state index in [0.29, 0.717) is 44.7 Å². The zero-order chi connectivity index (χ0) is 24.6. The van der Waals surface area contributed by atoms with E-state index in [4.69, 9.17) is 4.74 Å². The van der Waals surface area contributed by atoms with Crippen LogP contribution in [-0.2, 0) is 14.6 Å². The van der Waals surface area contributed by atoms with Crippen LogP contribution in [-0.4, -0.2) is 51.4 Å². The van der Waals surface area contributed by atoms with Gasteiger partial charge in [0.15, 0.2) is 9.84 Å².